The molecule has 0 amide bonds. The molecule has 0 aromatic heterocycles. The molecule has 0 bridgehead atoms. The van der Waals surface area contributed by atoms with E-state index in [1.807, 2.05) is 13.8 Å². The zero-order valence-electron chi connectivity index (χ0n) is 9.04. The van der Waals surface area contributed by atoms with Gasteiger partial charge in [-0.3, -0.25) is 0 Å². The van der Waals surface area contributed by atoms with Crippen molar-refractivity contribution in [2.75, 3.05) is 10.7 Å². The predicted octanol–water partition coefficient (Wildman–Crippen LogP) is 5.37. The average molecular weight is 423 g/mol. The molecule has 0 atom stereocenters. The molecule has 0 aliphatic rings. The summed E-state index contributed by atoms with van der Waals surface area (Å²) in [6.07, 6.45) is 0. The van der Waals surface area contributed by atoms with Crippen molar-refractivity contribution < 1.29 is 8.78 Å². The largest absolute Gasteiger partial charge is 0.207 e. The summed E-state index contributed by atoms with van der Waals surface area (Å²) in [5.74, 6) is -1.11. The van der Waals surface area contributed by atoms with E-state index < -0.39 is 16.0 Å². The molecule has 0 saturated heterocycles. The lowest BCUT2D eigenvalue weighted by Gasteiger charge is -2.23. The molecule has 1 aromatic rings. The molecule has 0 heterocycles. The van der Waals surface area contributed by atoms with Crippen LogP contribution in [0.25, 0.3) is 0 Å². The van der Waals surface area contributed by atoms with E-state index in [2.05, 4.69) is 47.8 Å². The standard InChI is InChI=1S/C9H7Br3F2.C2H6/c10-4-9(12,5-11)7-2-1-6(13)3-8(7)14;1-2/h1-3H,4-5H2;1-2H3. The summed E-state index contributed by atoms with van der Waals surface area (Å²) in [6.45, 7) is 4.00. The molecule has 0 nitrogen and oxygen atoms in total. The molecule has 0 spiro atoms. The van der Waals surface area contributed by atoms with Crippen LogP contribution in [-0.4, -0.2) is 10.7 Å². The van der Waals surface area contributed by atoms with Crippen molar-refractivity contribution in [2.24, 2.45) is 0 Å². The van der Waals surface area contributed by atoms with Crippen LogP contribution in [-0.2, 0) is 4.32 Å². The quantitative estimate of drug-likeness (QED) is 0.574. The lowest BCUT2D eigenvalue weighted by Crippen LogP contribution is -2.23. The van der Waals surface area contributed by atoms with Gasteiger partial charge in [0.15, 0.2) is 0 Å². The number of halogens is 5. The second-order valence-electron chi connectivity index (χ2n) is 2.86. The van der Waals surface area contributed by atoms with Gasteiger partial charge in [0.25, 0.3) is 0 Å². The normalized spacial score (nSPS) is 10.7. The number of benzene rings is 1. The van der Waals surface area contributed by atoms with Crippen LogP contribution >= 0.6 is 47.8 Å². The number of hydrogen-bond acceptors (Lipinski definition) is 0. The van der Waals surface area contributed by atoms with E-state index in [0.717, 1.165) is 6.07 Å². The number of rotatable bonds is 3. The average Bonchev–Trinajstić information content (AvgIpc) is 2.31. The molecule has 5 heteroatoms. The van der Waals surface area contributed by atoms with Crippen molar-refractivity contribution in [3.05, 3.63) is 35.4 Å². The molecular weight excluding hydrogens is 410 g/mol. The first-order valence-electron chi connectivity index (χ1n) is 4.80. The number of alkyl halides is 3. The highest BCUT2D eigenvalue weighted by Gasteiger charge is 2.29. The molecule has 16 heavy (non-hydrogen) atoms. The summed E-state index contributed by atoms with van der Waals surface area (Å²) < 4.78 is 25.5. The molecule has 0 N–H and O–H groups in total. The highest BCUT2D eigenvalue weighted by Crippen LogP contribution is 2.36. The van der Waals surface area contributed by atoms with Gasteiger partial charge in [0.1, 0.15) is 11.6 Å². The van der Waals surface area contributed by atoms with Gasteiger partial charge in [0, 0.05) is 22.3 Å². The van der Waals surface area contributed by atoms with Crippen molar-refractivity contribution in [3.63, 3.8) is 0 Å². The number of hydrogen-bond donors (Lipinski definition) is 0. The summed E-state index contributed by atoms with van der Waals surface area (Å²) in [6, 6.07) is 3.58. The van der Waals surface area contributed by atoms with Crippen LogP contribution in [0.2, 0.25) is 0 Å². The van der Waals surface area contributed by atoms with Gasteiger partial charge in [-0.15, -0.1) is 0 Å². The molecule has 0 saturated carbocycles. The van der Waals surface area contributed by atoms with Gasteiger partial charge in [-0.25, -0.2) is 8.78 Å². The van der Waals surface area contributed by atoms with Gasteiger partial charge in [-0.05, 0) is 6.07 Å². The zero-order chi connectivity index (χ0) is 12.8. The molecule has 92 valence electrons. The van der Waals surface area contributed by atoms with E-state index in [-0.39, 0.29) is 0 Å². The Hall–Kier alpha value is 0.520. The minimum Gasteiger partial charge on any atom is -0.207 e. The van der Waals surface area contributed by atoms with Crippen molar-refractivity contribution in [3.8, 4) is 0 Å². The Bertz CT molecular complexity index is 325. The van der Waals surface area contributed by atoms with Crippen LogP contribution in [0.3, 0.4) is 0 Å². The maximum absolute atomic E-state index is 13.4. The first kappa shape index (κ1) is 16.5. The minimum atomic E-state index is -0.565. The Balaban J connectivity index is 0.00000106. The maximum atomic E-state index is 13.4. The zero-order valence-corrected chi connectivity index (χ0v) is 13.8. The van der Waals surface area contributed by atoms with E-state index in [1.165, 1.54) is 12.1 Å². The van der Waals surface area contributed by atoms with Crippen molar-refractivity contribution in [1.82, 2.24) is 0 Å². The van der Waals surface area contributed by atoms with E-state index in [9.17, 15) is 8.78 Å². The van der Waals surface area contributed by atoms with E-state index in [0.29, 0.717) is 16.2 Å². The SMILES string of the molecule is CC.Fc1ccc(C(Br)(CBr)CBr)c(F)c1. The highest BCUT2D eigenvalue weighted by atomic mass is 79.9. The third-order valence-corrected chi connectivity index (χ3v) is 6.24. The fourth-order valence-corrected chi connectivity index (χ4v) is 2.89. The minimum absolute atomic E-state index is 0.438. The van der Waals surface area contributed by atoms with Gasteiger partial charge < -0.3 is 0 Å². The van der Waals surface area contributed by atoms with Gasteiger partial charge in [-0.1, -0.05) is 67.7 Å². The lowest BCUT2D eigenvalue weighted by atomic mass is 10.0. The Morgan fingerprint density at radius 3 is 2.00 bits per heavy atom. The Morgan fingerprint density at radius 2 is 1.62 bits per heavy atom. The Morgan fingerprint density at radius 1 is 1.12 bits per heavy atom. The van der Waals surface area contributed by atoms with Crippen molar-refractivity contribution in [1.29, 1.82) is 0 Å². The van der Waals surface area contributed by atoms with Gasteiger partial charge >= 0.3 is 0 Å². The van der Waals surface area contributed by atoms with Crippen molar-refractivity contribution >= 4 is 47.8 Å². The first-order chi connectivity index (χ1) is 7.53. The predicted molar refractivity (Wildman–Crippen MR) is 75.9 cm³/mol. The van der Waals surface area contributed by atoms with Gasteiger partial charge in [0.2, 0.25) is 0 Å². The fraction of sp³-hybridized carbons (Fsp3) is 0.455. The maximum Gasteiger partial charge on any atom is 0.130 e. The van der Waals surface area contributed by atoms with Crippen LogP contribution in [0.1, 0.15) is 19.4 Å². The van der Waals surface area contributed by atoms with Gasteiger partial charge in [0.05, 0.1) is 4.32 Å². The van der Waals surface area contributed by atoms with Crippen LogP contribution in [0.4, 0.5) is 8.78 Å². The van der Waals surface area contributed by atoms with Crippen LogP contribution in [0.15, 0.2) is 18.2 Å². The summed E-state index contributed by atoms with van der Waals surface area (Å²) in [5.41, 5.74) is 0.438. The highest BCUT2D eigenvalue weighted by molar-refractivity contribution is 9.13. The molecule has 0 aliphatic heterocycles. The molecule has 0 radical (unpaired) electrons. The fourth-order valence-electron chi connectivity index (χ4n) is 1.03. The molecule has 0 fully saturated rings. The Labute approximate surface area is 120 Å². The Kier molecular flexibility index (Phi) is 8.02. The summed E-state index contributed by atoms with van der Waals surface area (Å²) >= 11 is 9.98. The summed E-state index contributed by atoms with van der Waals surface area (Å²) in [7, 11) is 0. The van der Waals surface area contributed by atoms with Crippen molar-refractivity contribution in [2.45, 2.75) is 18.2 Å². The first-order valence-corrected chi connectivity index (χ1v) is 7.83. The van der Waals surface area contributed by atoms with Crippen LogP contribution < -0.4 is 0 Å². The van der Waals surface area contributed by atoms with Crippen LogP contribution in [0.5, 0.6) is 0 Å². The molecule has 1 rings (SSSR count). The van der Waals surface area contributed by atoms with E-state index >= 15 is 0 Å². The monoisotopic (exact) mass is 420 g/mol. The molecule has 0 unspecified atom stereocenters. The third kappa shape index (κ3) is 4.08. The van der Waals surface area contributed by atoms with E-state index in [4.69, 9.17) is 0 Å². The second kappa shape index (κ2) is 7.77. The molecule has 1 aromatic carbocycles. The van der Waals surface area contributed by atoms with Crippen LogP contribution in [0, 0.1) is 11.6 Å². The smallest absolute Gasteiger partial charge is 0.130 e. The third-order valence-electron chi connectivity index (χ3n) is 1.84. The summed E-state index contributed by atoms with van der Waals surface area (Å²) in [5, 5.41) is 1.07. The topological polar surface area (TPSA) is 0 Å². The van der Waals surface area contributed by atoms with Gasteiger partial charge in [-0.2, -0.15) is 0 Å². The second-order valence-corrected chi connectivity index (χ2v) is 5.50. The molecular formula is C11H13Br3F2. The summed E-state index contributed by atoms with van der Waals surface area (Å²) in [4.78, 5) is 0. The molecule has 0 aliphatic carbocycles. The lowest BCUT2D eigenvalue weighted by molar-refractivity contribution is 0.563. The van der Waals surface area contributed by atoms with E-state index in [1.54, 1.807) is 0 Å².